The molecule has 0 spiro atoms. The lowest BCUT2D eigenvalue weighted by molar-refractivity contribution is -0.137. The highest BCUT2D eigenvalue weighted by atomic mass is 32.2. The van der Waals surface area contributed by atoms with Crippen LogP contribution in [0.2, 0.25) is 0 Å². The number of alkyl halides is 3. The van der Waals surface area contributed by atoms with Gasteiger partial charge in [0.15, 0.2) is 5.60 Å². The molecule has 1 saturated carbocycles. The van der Waals surface area contributed by atoms with E-state index in [4.69, 9.17) is 10.5 Å². The Labute approximate surface area is 205 Å². The van der Waals surface area contributed by atoms with Gasteiger partial charge < -0.3 is 10.5 Å². The highest BCUT2D eigenvalue weighted by molar-refractivity contribution is 7.89. The van der Waals surface area contributed by atoms with Crippen LogP contribution in [0.3, 0.4) is 0 Å². The van der Waals surface area contributed by atoms with Crippen molar-refractivity contribution in [2.45, 2.75) is 60.9 Å². The second-order valence-corrected chi connectivity index (χ2v) is 11.1. The van der Waals surface area contributed by atoms with Gasteiger partial charge in [0.05, 0.1) is 16.2 Å². The molecule has 2 aromatic rings. The molecule has 2 atom stereocenters. The van der Waals surface area contributed by atoms with Crippen LogP contribution < -0.4 is 5.73 Å². The summed E-state index contributed by atoms with van der Waals surface area (Å²) in [4.78, 5) is 28.0. The third-order valence-corrected chi connectivity index (χ3v) is 8.77. The van der Waals surface area contributed by atoms with Gasteiger partial charge in [-0.1, -0.05) is 18.2 Å². The maximum atomic E-state index is 13.3. The number of amides is 1. The lowest BCUT2D eigenvalue weighted by Gasteiger charge is -2.33. The number of halogens is 3. The topological polar surface area (TPSA) is 120 Å². The molecule has 0 radical (unpaired) electrons. The summed E-state index contributed by atoms with van der Waals surface area (Å²) in [7, 11) is -4.18. The Kier molecular flexibility index (Phi) is 5.71. The Morgan fingerprint density at radius 1 is 1.11 bits per heavy atom. The molecule has 5 rings (SSSR count). The first-order valence-corrected chi connectivity index (χ1v) is 12.8. The van der Waals surface area contributed by atoms with Crippen LogP contribution in [0.25, 0.3) is 5.57 Å². The molecule has 2 N–H and O–H groups in total. The molecule has 1 aromatic carbocycles. The quantitative estimate of drug-likeness (QED) is 0.583. The van der Waals surface area contributed by atoms with Crippen LogP contribution in [-0.4, -0.2) is 47.3 Å². The number of aromatic nitrogens is 1. The maximum absolute atomic E-state index is 13.3. The summed E-state index contributed by atoms with van der Waals surface area (Å²) in [5.74, 6) is -1.48. The Morgan fingerprint density at radius 3 is 2.47 bits per heavy atom. The fourth-order valence-electron chi connectivity index (χ4n) is 4.78. The van der Waals surface area contributed by atoms with E-state index in [0.29, 0.717) is 37.4 Å². The smallest absolute Gasteiger partial charge is 0.416 e. The van der Waals surface area contributed by atoms with E-state index in [1.54, 1.807) is 18.2 Å². The van der Waals surface area contributed by atoms with Gasteiger partial charge in [-0.05, 0) is 55.2 Å². The van der Waals surface area contributed by atoms with E-state index in [9.17, 15) is 31.2 Å². The van der Waals surface area contributed by atoms with Crippen molar-refractivity contribution in [2.24, 2.45) is 5.73 Å². The molecular weight excluding hydrogens is 499 g/mol. The first kappa shape index (κ1) is 24.4. The predicted molar refractivity (Wildman–Crippen MR) is 121 cm³/mol. The number of nitrogens with zero attached hydrogens (tertiary/aromatic N) is 2. The van der Waals surface area contributed by atoms with E-state index in [0.717, 1.165) is 17.7 Å². The van der Waals surface area contributed by atoms with Crippen LogP contribution in [0.1, 0.15) is 53.8 Å². The second-order valence-electron chi connectivity index (χ2n) is 9.21. The van der Waals surface area contributed by atoms with Crippen molar-refractivity contribution in [1.29, 1.82) is 0 Å². The average Bonchev–Trinajstić information content (AvgIpc) is 3.57. The van der Waals surface area contributed by atoms with Crippen molar-refractivity contribution >= 4 is 27.5 Å². The molecule has 2 aliphatic heterocycles. The molecule has 190 valence electrons. The number of carbonyl (C=O) groups excluding carboxylic acids is 2. The molecule has 2 fully saturated rings. The molecule has 1 aliphatic carbocycles. The van der Waals surface area contributed by atoms with Gasteiger partial charge in [0.2, 0.25) is 10.0 Å². The monoisotopic (exact) mass is 521 g/mol. The zero-order chi connectivity index (χ0) is 25.9. The molecule has 1 amide bonds. The first-order valence-electron chi connectivity index (χ1n) is 11.3. The van der Waals surface area contributed by atoms with Gasteiger partial charge in [0, 0.05) is 24.9 Å². The Bertz CT molecular complexity index is 1390. The molecule has 1 aromatic heterocycles. The number of benzene rings is 1. The number of esters is 1. The van der Waals surface area contributed by atoms with Crippen LogP contribution in [-0.2, 0) is 25.7 Å². The summed E-state index contributed by atoms with van der Waals surface area (Å²) in [6.07, 6.45) is -0.880. The number of rotatable bonds is 6. The average molecular weight is 522 g/mol. The minimum absolute atomic E-state index is 0.00714. The van der Waals surface area contributed by atoms with Gasteiger partial charge in [-0.3, -0.25) is 4.79 Å². The molecule has 8 nitrogen and oxygen atoms in total. The van der Waals surface area contributed by atoms with Gasteiger partial charge in [-0.2, -0.15) is 17.5 Å². The summed E-state index contributed by atoms with van der Waals surface area (Å²) in [6.45, 7) is 0. The summed E-state index contributed by atoms with van der Waals surface area (Å²) in [5, 5.41) is 0. The number of primary amides is 1. The van der Waals surface area contributed by atoms with Crippen LogP contribution in [0, 0.1) is 0 Å². The molecule has 12 heteroatoms. The Balaban J connectivity index is 1.40. The largest absolute Gasteiger partial charge is 0.444 e. The number of carbonyl (C=O) groups is 2. The van der Waals surface area contributed by atoms with E-state index >= 15 is 0 Å². The van der Waals surface area contributed by atoms with Gasteiger partial charge in [-0.25, -0.2) is 18.2 Å². The number of pyridine rings is 1. The molecule has 36 heavy (non-hydrogen) atoms. The van der Waals surface area contributed by atoms with Crippen molar-refractivity contribution < 1.29 is 35.9 Å². The highest BCUT2D eigenvalue weighted by Crippen LogP contribution is 2.43. The zero-order valence-electron chi connectivity index (χ0n) is 18.9. The number of hydrogen-bond donors (Lipinski definition) is 1. The van der Waals surface area contributed by atoms with Crippen LogP contribution in [0.4, 0.5) is 13.2 Å². The minimum Gasteiger partial charge on any atom is -0.444 e. The van der Waals surface area contributed by atoms with Gasteiger partial charge >= 0.3 is 12.1 Å². The summed E-state index contributed by atoms with van der Waals surface area (Å²) < 4.78 is 72.6. The zero-order valence-corrected chi connectivity index (χ0v) is 19.7. The SMILES string of the molecule is NC(=O)C1(OC(=O)c2cccc(C3=CC4CCC(C3)N4S(=O)(=O)c3cccc(C(F)(F)F)c3)n2)CC1. The van der Waals surface area contributed by atoms with E-state index < -0.39 is 56.2 Å². The van der Waals surface area contributed by atoms with Crippen LogP contribution in [0.15, 0.2) is 53.4 Å². The van der Waals surface area contributed by atoms with Crippen molar-refractivity contribution in [3.05, 3.63) is 65.5 Å². The normalized spacial score (nSPS) is 23.1. The van der Waals surface area contributed by atoms with Crippen molar-refractivity contribution in [3.63, 3.8) is 0 Å². The fourth-order valence-corrected chi connectivity index (χ4v) is 6.64. The Hall–Kier alpha value is -3.25. The number of ether oxygens (including phenoxy) is 1. The van der Waals surface area contributed by atoms with Crippen molar-refractivity contribution in [1.82, 2.24) is 9.29 Å². The van der Waals surface area contributed by atoms with Crippen LogP contribution in [0.5, 0.6) is 0 Å². The van der Waals surface area contributed by atoms with Crippen molar-refractivity contribution in [2.75, 3.05) is 0 Å². The highest BCUT2D eigenvalue weighted by Gasteiger charge is 2.53. The van der Waals surface area contributed by atoms with Crippen molar-refractivity contribution in [3.8, 4) is 0 Å². The van der Waals surface area contributed by atoms with E-state index in [-0.39, 0.29) is 12.1 Å². The lowest BCUT2D eigenvalue weighted by Crippen LogP contribution is -2.43. The van der Waals surface area contributed by atoms with Gasteiger partial charge in [-0.15, -0.1) is 0 Å². The standard InChI is InChI=1S/C24H22F3N3O5S/c25-24(26,27)15-3-1-4-18(13-15)36(33,34)30-16-7-8-17(30)12-14(11-16)19-5-2-6-20(29-19)21(31)35-23(9-10-23)22(28)32/h1-6,11,13,16-17H,7-10,12H2,(H2,28,32). The molecule has 3 aliphatic rings. The van der Waals surface area contributed by atoms with Gasteiger partial charge in [0.1, 0.15) is 5.69 Å². The maximum Gasteiger partial charge on any atom is 0.416 e. The number of hydrogen-bond acceptors (Lipinski definition) is 6. The second kappa shape index (κ2) is 8.41. The predicted octanol–water partition coefficient (Wildman–Crippen LogP) is 3.28. The summed E-state index contributed by atoms with van der Waals surface area (Å²) >= 11 is 0. The van der Waals surface area contributed by atoms with Gasteiger partial charge in [0.25, 0.3) is 5.91 Å². The fraction of sp³-hybridized carbons (Fsp3) is 0.375. The molecular formula is C24H22F3N3O5S. The first-order chi connectivity index (χ1) is 16.9. The molecule has 1 saturated heterocycles. The van der Waals surface area contributed by atoms with E-state index in [1.165, 1.54) is 16.4 Å². The third kappa shape index (κ3) is 4.28. The molecule has 2 bridgehead atoms. The summed E-state index contributed by atoms with van der Waals surface area (Å²) in [6, 6.07) is 7.46. The van der Waals surface area contributed by atoms with E-state index in [2.05, 4.69) is 4.98 Å². The minimum atomic E-state index is -4.66. The Morgan fingerprint density at radius 2 is 1.83 bits per heavy atom. The molecule has 2 unspecified atom stereocenters. The third-order valence-electron chi connectivity index (χ3n) is 6.80. The number of fused-ring (bicyclic) bond motifs is 2. The number of sulfonamides is 1. The number of nitrogens with two attached hydrogens (primary N) is 1. The van der Waals surface area contributed by atoms with E-state index in [1.807, 2.05) is 0 Å². The summed E-state index contributed by atoms with van der Waals surface area (Å²) in [5.41, 5.74) is 4.18. The lowest BCUT2D eigenvalue weighted by atomic mass is 10.00. The molecule has 3 heterocycles. The van der Waals surface area contributed by atoms with Crippen LogP contribution >= 0.6 is 0 Å².